The molecule has 20 heavy (non-hydrogen) atoms. The van der Waals surface area contributed by atoms with Crippen LogP contribution in [0.1, 0.15) is 26.7 Å². The van der Waals surface area contributed by atoms with E-state index in [0.717, 1.165) is 26.0 Å². The molecular weight excluding hydrogens is 278 g/mol. The van der Waals surface area contributed by atoms with Gasteiger partial charge >= 0.3 is 0 Å². The summed E-state index contributed by atoms with van der Waals surface area (Å²) >= 11 is 0. The van der Waals surface area contributed by atoms with Gasteiger partial charge in [-0.15, -0.1) is 12.4 Å². The van der Waals surface area contributed by atoms with Crippen LogP contribution in [0.2, 0.25) is 0 Å². The fraction of sp³-hybridized carbons (Fsp3) is 0.929. The van der Waals surface area contributed by atoms with E-state index in [1.54, 1.807) is 0 Å². The quantitative estimate of drug-likeness (QED) is 0.799. The molecule has 2 rings (SSSR count). The number of nitrogens with two attached hydrogens (primary N) is 1. The summed E-state index contributed by atoms with van der Waals surface area (Å²) in [5.74, 6) is 0.140. The molecule has 1 saturated heterocycles. The number of amides is 1. The Morgan fingerprint density at radius 3 is 2.70 bits per heavy atom. The maximum absolute atomic E-state index is 12.5. The van der Waals surface area contributed by atoms with E-state index in [1.165, 1.54) is 0 Å². The monoisotopic (exact) mass is 305 g/mol. The van der Waals surface area contributed by atoms with Crippen molar-refractivity contribution >= 4 is 18.3 Å². The van der Waals surface area contributed by atoms with Gasteiger partial charge in [0.1, 0.15) is 5.54 Å². The molecule has 6 heteroatoms. The summed E-state index contributed by atoms with van der Waals surface area (Å²) in [7, 11) is 3.98. The minimum atomic E-state index is -0.787. The number of carbonyl (C=O) groups is 1. The predicted molar refractivity (Wildman–Crippen MR) is 82.0 cm³/mol. The van der Waals surface area contributed by atoms with Gasteiger partial charge in [0, 0.05) is 31.0 Å². The second-order valence-corrected chi connectivity index (χ2v) is 6.69. The van der Waals surface area contributed by atoms with Crippen molar-refractivity contribution in [2.45, 2.75) is 38.3 Å². The van der Waals surface area contributed by atoms with E-state index in [9.17, 15) is 4.79 Å². The summed E-state index contributed by atoms with van der Waals surface area (Å²) < 4.78 is 5.81. The zero-order valence-electron chi connectivity index (χ0n) is 12.9. The topological polar surface area (TPSA) is 67.6 Å². The van der Waals surface area contributed by atoms with Crippen LogP contribution in [0.4, 0.5) is 0 Å². The van der Waals surface area contributed by atoms with Crippen LogP contribution in [0.3, 0.4) is 0 Å². The lowest BCUT2D eigenvalue weighted by Gasteiger charge is -2.65. The van der Waals surface area contributed by atoms with E-state index in [1.807, 2.05) is 32.8 Å². The molecule has 0 spiro atoms. The minimum absolute atomic E-state index is 0. The molecule has 3 unspecified atom stereocenters. The van der Waals surface area contributed by atoms with E-state index in [4.69, 9.17) is 10.5 Å². The molecule has 3 atom stereocenters. The van der Waals surface area contributed by atoms with Crippen molar-refractivity contribution in [2.24, 2.45) is 17.1 Å². The number of hydrogen-bond acceptors (Lipinski definition) is 4. The number of rotatable bonds is 4. The van der Waals surface area contributed by atoms with E-state index in [0.29, 0.717) is 6.54 Å². The Morgan fingerprint density at radius 2 is 2.10 bits per heavy atom. The van der Waals surface area contributed by atoms with E-state index >= 15 is 0 Å². The number of carbonyl (C=O) groups excluding carboxylic acids is 1. The summed E-state index contributed by atoms with van der Waals surface area (Å²) in [6, 6.07) is 0. The van der Waals surface area contributed by atoms with Gasteiger partial charge in [-0.25, -0.2) is 0 Å². The van der Waals surface area contributed by atoms with Crippen molar-refractivity contribution in [2.75, 3.05) is 33.8 Å². The number of ether oxygens (including phenoxy) is 1. The molecular formula is C14H28ClN3O2. The smallest absolute Gasteiger partial charge is 0.241 e. The SMILES string of the molecule is CN(C)CCNC(=O)C1(N)C2CCCOC2C1(C)C.Cl. The first-order valence-corrected chi connectivity index (χ1v) is 7.15. The zero-order chi connectivity index (χ0) is 14.3. The van der Waals surface area contributed by atoms with E-state index in [2.05, 4.69) is 5.32 Å². The number of hydrogen-bond donors (Lipinski definition) is 2. The van der Waals surface area contributed by atoms with Crippen molar-refractivity contribution in [1.82, 2.24) is 10.2 Å². The van der Waals surface area contributed by atoms with Crippen LogP contribution < -0.4 is 11.1 Å². The molecule has 3 N–H and O–H groups in total. The first kappa shape index (κ1) is 17.7. The van der Waals surface area contributed by atoms with Crippen LogP contribution >= 0.6 is 12.4 Å². The predicted octanol–water partition coefficient (Wildman–Crippen LogP) is 0.619. The second-order valence-electron chi connectivity index (χ2n) is 6.69. The molecule has 0 aromatic heterocycles. The van der Waals surface area contributed by atoms with Crippen molar-refractivity contribution < 1.29 is 9.53 Å². The lowest BCUT2D eigenvalue weighted by molar-refractivity contribution is -0.225. The fourth-order valence-corrected chi connectivity index (χ4v) is 3.58. The summed E-state index contributed by atoms with van der Waals surface area (Å²) in [5.41, 5.74) is 5.41. The Bertz CT molecular complexity index is 362. The Morgan fingerprint density at radius 1 is 1.45 bits per heavy atom. The first-order valence-electron chi connectivity index (χ1n) is 7.15. The van der Waals surface area contributed by atoms with Gasteiger partial charge < -0.3 is 20.7 Å². The van der Waals surface area contributed by atoms with Crippen LogP contribution in [-0.4, -0.2) is 56.2 Å². The highest BCUT2D eigenvalue weighted by Crippen LogP contribution is 2.57. The zero-order valence-corrected chi connectivity index (χ0v) is 13.8. The lowest BCUT2D eigenvalue weighted by atomic mass is 9.46. The molecule has 0 aromatic rings. The molecule has 0 radical (unpaired) electrons. The molecule has 2 fully saturated rings. The molecule has 0 bridgehead atoms. The van der Waals surface area contributed by atoms with Gasteiger partial charge in [0.2, 0.25) is 5.91 Å². The molecule has 1 saturated carbocycles. The van der Waals surface area contributed by atoms with Crippen LogP contribution in [0.15, 0.2) is 0 Å². The third-order valence-electron chi connectivity index (χ3n) is 4.90. The van der Waals surface area contributed by atoms with E-state index < -0.39 is 5.54 Å². The largest absolute Gasteiger partial charge is 0.377 e. The van der Waals surface area contributed by atoms with Gasteiger partial charge in [-0.05, 0) is 26.9 Å². The number of fused-ring (bicyclic) bond motifs is 1. The molecule has 118 valence electrons. The van der Waals surface area contributed by atoms with Crippen molar-refractivity contribution in [1.29, 1.82) is 0 Å². The molecule has 0 aromatic carbocycles. The summed E-state index contributed by atoms with van der Waals surface area (Å²) in [6.07, 6.45) is 2.12. The van der Waals surface area contributed by atoms with Crippen molar-refractivity contribution in [3.8, 4) is 0 Å². The standard InChI is InChI=1S/C14H27N3O2.ClH/c1-13(2)11-10(6-5-9-19-11)14(13,15)12(18)16-7-8-17(3)4;/h10-11H,5-9,15H2,1-4H3,(H,16,18);1H. The van der Waals surface area contributed by atoms with Crippen LogP contribution in [0.25, 0.3) is 0 Å². The Balaban J connectivity index is 0.00000200. The Hall–Kier alpha value is -0.360. The summed E-state index contributed by atoms with van der Waals surface area (Å²) in [4.78, 5) is 14.5. The van der Waals surface area contributed by atoms with Crippen LogP contribution in [0, 0.1) is 11.3 Å². The van der Waals surface area contributed by atoms with Crippen molar-refractivity contribution in [3.63, 3.8) is 0 Å². The average Bonchev–Trinajstić information content (AvgIpc) is 2.37. The summed E-state index contributed by atoms with van der Waals surface area (Å²) in [6.45, 7) is 6.35. The number of nitrogens with one attached hydrogen (secondary N) is 1. The van der Waals surface area contributed by atoms with Crippen LogP contribution in [0.5, 0.6) is 0 Å². The van der Waals surface area contributed by atoms with Gasteiger partial charge in [0.25, 0.3) is 0 Å². The minimum Gasteiger partial charge on any atom is -0.377 e. The molecule has 1 aliphatic heterocycles. The third-order valence-corrected chi connectivity index (χ3v) is 4.90. The first-order chi connectivity index (χ1) is 8.81. The van der Waals surface area contributed by atoms with E-state index in [-0.39, 0.29) is 35.8 Å². The molecule has 2 aliphatic rings. The van der Waals surface area contributed by atoms with Crippen molar-refractivity contribution in [3.05, 3.63) is 0 Å². The summed E-state index contributed by atoms with van der Waals surface area (Å²) in [5, 5.41) is 2.98. The van der Waals surface area contributed by atoms with Gasteiger partial charge in [-0.2, -0.15) is 0 Å². The second kappa shape index (κ2) is 6.18. The molecule has 5 nitrogen and oxygen atoms in total. The third kappa shape index (κ3) is 2.56. The Labute approximate surface area is 128 Å². The molecule has 1 amide bonds. The maximum atomic E-state index is 12.5. The molecule has 1 heterocycles. The Kier molecular flexibility index (Phi) is 5.46. The highest BCUT2D eigenvalue weighted by atomic mass is 35.5. The highest BCUT2D eigenvalue weighted by molar-refractivity contribution is 5.89. The maximum Gasteiger partial charge on any atom is 0.241 e. The average molecular weight is 306 g/mol. The van der Waals surface area contributed by atoms with Gasteiger partial charge in [0.15, 0.2) is 0 Å². The lowest BCUT2D eigenvalue weighted by Crippen LogP contribution is -2.82. The highest BCUT2D eigenvalue weighted by Gasteiger charge is 2.70. The number of halogens is 1. The van der Waals surface area contributed by atoms with Gasteiger partial charge in [-0.3, -0.25) is 4.79 Å². The number of nitrogens with zero attached hydrogens (tertiary/aromatic N) is 1. The molecule has 1 aliphatic carbocycles. The van der Waals surface area contributed by atoms with Crippen LogP contribution in [-0.2, 0) is 9.53 Å². The fourth-order valence-electron chi connectivity index (χ4n) is 3.58. The van der Waals surface area contributed by atoms with Gasteiger partial charge in [-0.1, -0.05) is 13.8 Å². The normalized spacial score (nSPS) is 34.7. The number of likely N-dealkylation sites (N-methyl/N-ethyl adjacent to an activating group) is 1. The van der Waals surface area contributed by atoms with Gasteiger partial charge in [0.05, 0.1) is 6.10 Å².